The number of hydrogen-bond donors (Lipinski definition) is 1. The minimum absolute atomic E-state index is 0.174. The van der Waals surface area contributed by atoms with Crippen LogP contribution in [0, 0.1) is 13.8 Å². The van der Waals surface area contributed by atoms with Gasteiger partial charge in [-0.25, -0.2) is 8.42 Å². The molecule has 3 rings (SSSR count). The monoisotopic (exact) mass is 464 g/mol. The lowest BCUT2D eigenvalue weighted by Gasteiger charge is -2.26. The summed E-state index contributed by atoms with van der Waals surface area (Å²) in [6.45, 7) is 8.16. The number of carbonyl (C=O) groups is 1. The van der Waals surface area contributed by atoms with Gasteiger partial charge in [0, 0.05) is 11.3 Å². The lowest BCUT2D eigenvalue weighted by Crippen LogP contribution is -2.30. The molecule has 0 aromatic heterocycles. The highest BCUT2D eigenvalue weighted by molar-refractivity contribution is 7.92. The third kappa shape index (κ3) is 5.63. The second-order valence-electron chi connectivity index (χ2n) is 8.32. The quantitative estimate of drug-likeness (QED) is 0.469. The minimum atomic E-state index is -3.49. The molecule has 3 aromatic carbocycles. The van der Waals surface area contributed by atoms with Crippen molar-refractivity contribution in [2.75, 3.05) is 15.9 Å². The van der Waals surface area contributed by atoms with E-state index in [0.717, 1.165) is 46.3 Å². The summed E-state index contributed by atoms with van der Waals surface area (Å²) in [6, 6.07) is 18.9. The summed E-state index contributed by atoms with van der Waals surface area (Å²) < 4.78 is 26.6. The Kier molecular flexibility index (Phi) is 7.59. The highest BCUT2D eigenvalue weighted by Crippen LogP contribution is 2.29. The first kappa shape index (κ1) is 24.5. The molecule has 0 aliphatic heterocycles. The van der Waals surface area contributed by atoms with E-state index in [-0.39, 0.29) is 12.5 Å². The van der Waals surface area contributed by atoms with Gasteiger partial charge in [-0.05, 0) is 66.6 Å². The van der Waals surface area contributed by atoms with Crippen molar-refractivity contribution in [1.82, 2.24) is 0 Å². The normalized spacial score (nSPS) is 11.3. The van der Waals surface area contributed by atoms with Gasteiger partial charge in [-0.1, -0.05) is 62.4 Å². The molecule has 0 atom stereocenters. The summed E-state index contributed by atoms with van der Waals surface area (Å²) in [5, 5.41) is 3.08. The van der Waals surface area contributed by atoms with Crippen LogP contribution in [-0.2, 0) is 29.4 Å². The molecule has 3 aromatic rings. The van der Waals surface area contributed by atoms with Gasteiger partial charge >= 0.3 is 0 Å². The molecule has 0 heterocycles. The van der Waals surface area contributed by atoms with Gasteiger partial charge in [0.2, 0.25) is 10.0 Å². The van der Waals surface area contributed by atoms with E-state index in [4.69, 9.17) is 0 Å². The largest absolute Gasteiger partial charge is 0.321 e. The molecule has 0 saturated heterocycles. The van der Waals surface area contributed by atoms with Crippen molar-refractivity contribution in [1.29, 1.82) is 0 Å². The van der Waals surface area contributed by atoms with E-state index in [9.17, 15) is 13.2 Å². The fraction of sp³-hybridized carbons (Fsp3) is 0.296. The highest BCUT2D eigenvalue weighted by atomic mass is 32.2. The molecule has 33 heavy (non-hydrogen) atoms. The summed E-state index contributed by atoms with van der Waals surface area (Å²) >= 11 is 0. The fourth-order valence-corrected chi connectivity index (χ4v) is 5.08. The van der Waals surface area contributed by atoms with E-state index in [1.807, 2.05) is 62.4 Å². The predicted octanol–water partition coefficient (Wildman–Crippen LogP) is 5.65. The predicted molar refractivity (Wildman–Crippen MR) is 137 cm³/mol. The van der Waals surface area contributed by atoms with E-state index < -0.39 is 10.0 Å². The number of hydrogen-bond acceptors (Lipinski definition) is 3. The number of rotatable bonds is 8. The summed E-state index contributed by atoms with van der Waals surface area (Å²) in [5.74, 6) is -0.174. The molecule has 0 unspecified atom stereocenters. The first-order valence-electron chi connectivity index (χ1n) is 11.2. The first-order valence-corrected chi connectivity index (χ1v) is 13.1. The van der Waals surface area contributed by atoms with Crippen LogP contribution in [0.3, 0.4) is 0 Å². The Bertz CT molecular complexity index is 1210. The molecule has 0 radical (unpaired) electrons. The number of benzene rings is 3. The van der Waals surface area contributed by atoms with Crippen LogP contribution in [0.4, 0.5) is 11.4 Å². The average Bonchev–Trinajstić information content (AvgIpc) is 2.78. The number of nitrogens with zero attached hydrogens (tertiary/aromatic N) is 1. The van der Waals surface area contributed by atoms with Crippen molar-refractivity contribution < 1.29 is 13.2 Å². The summed E-state index contributed by atoms with van der Waals surface area (Å²) in [4.78, 5) is 12.9. The molecule has 6 heteroatoms. The Labute approximate surface area is 197 Å². The van der Waals surface area contributed by atoms with Crippen LogP contribution in [0.25, 0.3) is 0 Å². The molecular formula is C27H32N2O3S. The molecular weight excluding hydrogens is 432 g/mol. The molecule has 0 bridgehead atoms. The number of amides is 1. The van der Waals surface area contributed by atoms with Crippen molar-refractivity contribution in [3.63, 3.8) is 0 Å². The average molecular weight is 465 g/mol. The van der Waals surface area contributed by atoms with Gasteiger partial charge in [0.1, 0.15) is 0 Å². The number of sulfonamides is 1. The molecule has 0 aliphatic rings. The standard InChI is InChI=1S/C27H32N2O3S/c1-6-22-12-9-13-23(7-2)25(22)28-27(30)24-16-14-21(15-17-24)18-29(33(5,31)32)26-19(3)10-8-11-20(26)4/h8-17H,6-7,18H2,1-5H3,(H,28,30). The van der Waals surface area contributed by atoms with Crippen molar-refractivity contribution in [2.24, 2.45) is 0 Å². The maximum Gasteiger partial charge on any atom is 0.255 e. The molecule has 1 N–H and O–H groups in total. The van der Waals surface area contributed by atoms with Crippen molar-refractivity contribution >= 4 is 27.3 Å². The van der Waals surface area contributed by atoms with Crippen molar-refractivity contribution in [2.45, 2.75) is 47.1 Å². The molecule has 174 valence electrons. The van der Waals surface area contributed by atoms with E-state index in [1.54, 1.807) is 12.1 Å². The fourth-order valence-electron chi connectivity index (χ4n) is 4.08. The number of carbonyl (C=O) groups excluding carboxylic acids is 1. The van der Waals surface area contributed by atoms with Gasteiger partial charge in [-0.2, -0.15) is 0 Å². The summed E-state index contributed by atoms with van der Waals surface area (Å²) in [7, 11) is -3.49. The second-order valence-corrected chi connectivity index (χ2v) is 10.2. The zero-order valence-corrected chi connectivity index (χ0v) is 20.8. The van der Waals surface area contributed by atoms with E-state index in [0.29, 0.717) is 11.3 Å². The summed E-state index contributed by atoms with van der Waals surface area (Å²) in [5.41, 5.74) is 6.94. The molecule has 1 amide bonds. The lowest BCUT2D eigenvalue weighted by molar-refractivity contribution is 0.102. The topological polar surface area (TPSA) is 66.5 Å². The number of para-hydroxylation sites is 2. The SMILES string of the molecule is CCc1cccc(CC)c1NC(=O)c1ccc(CN(c2c(C)cccc2C)S(C)(=O)=O)cc1. The maximum absolute atomic E-state index is 12.9. The first-order chi connectivity index (χ1) is 15.7. The maximum atomic E-state index is 12.9. The van der Waals surface area contributed by atoms with E-state index >= 15 is 0 Å². The van der Waals surface area contributed by atoms with Crippen LogP contribution in [-0.4, -0.2) is 20.6 Å². The van der Waals surface area contributed by atoms with Crippen molar-refractivity contribution in [3.05, 3.63) is 94.0 Å². The van der Waals surface area contributed by atoms with Crippen LogP contribution in [0.1, 0.15) is 52.0 Å². The minimum Gasteiger partial charge on any atom is -0.321 e. The Hall–Kier alpha value is -3.12. The summed E-state index contributed by atoms with van der Waals surface area (Å²) in [6.07, 6.45) is 2.89. The number of nitrogens with one attached hydrogen (secondary N) is 1. The number of anilines is 2. The zero-order chi connectivity index (χ0) is 24.2. The van der Waals surface area contributed by atoms with Gasteiger partial charge in [0.25, 0.3) is 5.91 Å². The van der Waals surface area contributed by atoms with Crippen LogP contribution in [0.15, 0.2) is 60.7 Å². The van der Waals surface area contributed by atoms with Crippen LogP contribution in [0.2, 0.25) is 0 Å². The Balaban J connectivity index is 1.85. The number of aryl methyl sites for hydroxylation is 4. The van der Waals surface area contributed by atoms with Crippen LogP contribution < -0.4 is 9.62 Å². The third-order valence-electron chi connectivity index (χ3n) is 5.87. The van der Waals surface area contributed by atoms with Gasteiger partial charge < -0.3 is 5.32 Å². The Morgan fingerprint density at radius 2 is 1.36 bits per heavy atom. The molecule has 0 saturated carbocycles. The van der Waals surface area contributed by atoms with Crippen molar-refractivity contribution in [3.8, 4) is 0 Å². The van der Waals surface area contributed by atoms with Gasteiger partial charge in [0.05, 0.1) is 18.5 Å². The zero-order valence-electron chi connectivity index (χ0n) is 20.0. The van der Waals surface area contributed by atoms with Gasteiger partial charge in [-0.3, -0.25) is 9.10 Å². The molecule has 5 nitrogen and oxygen atoms in total. The molecule has 0 aliphatic carbocycles. The Morgan fingerprint density at radius 1 is 0.848 bits per heavy atom. The lowest BCUT2D eigenvalue weighted by atomic mass is 10.0. The van der Waals surface area contributed by atoms with Gasteiger partial charge in [0.15, 0.2) is 0 Å². The van der Waals surface area contributed by atoms with E-state index in [1.165, 1.54) is 10.6 Å². The molecule has 0 spiro atoms. The third-order valence-corrected chi connectivity index (χ3v) is 6.98. The van der Waals surface area contributed by atoms with Crippen LogP contribution >= 0.6 is 0 Å². The van der Waals surface area contributed by atoms with Gasteiger partial charge in [-0.15, -0.1) is 0 Å². The molecule has 0 fully saturated rings. The van der Waals surface area contributed by atoms with E-state index in [2.05, 4.69) is 19.2 Å². The Morgan fingerprint density at radius 3 is 1.85 bits per heavy atom. The van der Waals surface area contributed by atoms with Crippen LogP contribution in [0.5, 0.6) is 0 Å². The second kappa shape index (κ2) is 10.2. The highest BCUT2D eigenvalue weighted by Gasteiger charge is 2.21. The smallest absolute Gasteiger partial charge is 0.255 e.